The van der Waals surface area contributed by atoms with E-state index in [9.17, 15) is 18.0 Å². The highest BCUT2D eigenvalue weighted by Gasteiger charge is 2.34. The van der Waals surface area contributed by atoms with E-state index < -0.39 is 17.8 Å². The molecule has 2 atom stereocenters. The summed E-state index contributed by atoms with van der Waals surface area (Å²) in [5.41, 5.74) is -0.0136. The van der Waals surface area contributed by atoms with Crippen molar-refractivity contribution in [2.24, 2.45) is 0 Å². The second-order valence-electron chi connectivity index (χ2n) is 8.16. The van der Waals surface area contributed by atoms with Gasteiger partial charge in [-0.1, -0.05) is 0 Å². The van der Waals surface area contributed by atoms with Gasteiger partial charge in [-0.3, -0.25) is 4.79 Å². The fourth-order valence-corrected chi connectivity index (χ4v) is 3.97. The molecule has 1 fully saturated rings. The summed E-state index contributed by atoms with van der Waals surface area (Å²) in [4.78, 5) is 18.2. The molecule has 2 aliphatic heterocycles. The molecule has 0 aliphatic carbocycles. The molecule has 0 saturated carbocycles. The molecule has 0 radical (unpaired) electrons. The van der Waals surface area contributed by atoms with Gasteiger partial charge in [-0.2, -0.15) is 13.2 Å². The molecule has 2 aromatic rings. The third-order valence-electron chi connectivity index (χ3n) is 5.28. The number of carbonyl (C=O) groups excluding carboxylic acids is 1. The van der Waals surface area contributed by atoms with Crippen LogP contribution >= 0.6 is 0 Å². The Bertz CT molecular complexity index is 1050. The highest BCUT2D eigenvalue weighted by Crippen LogP contribution is 2.33. The molecule has 0 bridgehead atoms. The van der Waals surface area contributed by atoms with Gasteiger partial charge in [0.2, 0.25) is 5.91 Å². The summed E-state index contributed by atoms with van der Waals surface area (Å²) >= 11 is 0. The number of nitrogens with zero attached hydrogens (tertiary/aromatic N) is 2. The molecule has 2 N–H and O–H groups in total. The Hall–Kier alpha value is -3.27. The number of hydrogen-bond acceptors (Lipinski definition) is 6. The van der Waals surface area contributed by atoms with Crippen LogP contribution in [0.5, 0.6) is 11.5 Å². The van der Waals surface area contributed by atoms with Gasteiger partial charge in [0.25, 0.3) is 0 Å². The van der Waals surface area contributed by atoms with Crippen LogP contribution in [0, 0.1) is 0 Å². The molecule has 1 amide bonds. The van der Waals surface area contributed by atoms with Crippen molar-refractivity contribution in [2.75, 3.05) is 36.5 Å². The third kappa shape index (κ3) is 5.57. The maximum Gasteiger partial charge on any atom is 0.433 e. The van der Waals surface area contributed by atoms with E-state index in [-0.39, 0.29) is 17.9 Å². The number of amides is 1. The standard InChI is InChI=1S/C23H25F3N4O3/c1-14-12-30(13-15(2)27-14)22-16(3-7-20(29-22)23(24,25)26)4-8-21(31)28-17-5-6-18-19(11-17)33-10-9-32-18/h3-8,11,14-15,27H,9-10,12-13H2,1-2H3,(H,28,31)/b8-4+. The summed E-state index contributed by atoms with van der Waals surface area (Å²) in [5, 5.41) is 6.08. The maximum absolute atomic E-state index is 13.3. The van der Waals surface area contributed by atoms with Crippen LogP contribution in [-0.4, -0.2) is 49.3 Å². The topological polar surface area (TPSA) is 75.7 Å². The summed E-state index contributed by atoms with van der Waals surface area (Å²) < 4.78 is 50.9. The van der Waals surface area contributed by atoms with Gasteiger partial charge in [-0.05, 0) is 44.2 Å². The summed E-state index contributed by atoms with van der Waals surface area (Å²) in [6.07, 6.45) is -1.80. The zero-order valence-electron chi connectivity index (χ0n) is 18.3. The van der Waals surface area contributed by atoms with Gasteiger partial charge >= 0.3 is 6.18 Å². The van der Waals surface area contributed by atoms with E-state index in [1.165, 1.54) is 18.2 Å². The van der Waals surface area contributed by atoms with Gasteiger partial charge in [0, 0.05) is 48.6 Å². The van der Waals surface area contributed by atoms with E-state index in [1.807, 2.05) is 18.7 Å². The van der Waals surface area contributed by atoms with Crippen molar-refractivity contribution in [2.45, 2.75) is 32.1 Å². The number of rotatable bonds is 4. The van der Waals surface area contributed by atoms with E-state index in [1.54, 1.807) is 18.2 Å². The fraction of sp³-hybridized carbons (Fsp3) is 0.391. The smallest absolute Gasteiger partial charge is 0.433 e. The number of piperazine rings is 1. The molecule has 176 valence electrons. The molecule has 1 aromatic carbocycles. The second kappa shape index (κ2) is 9.30. The summed E-state index contributed by atoms with van der Waals surface area (Å²) in [6.45, 7) is 5.83. The summed E-state index contributed by atoms with van der Waals surface area (Å²) in [6, 6.07) is 7.50. The first-order chi connectivity index (χ1) is 15.7. The van der Waals surface area contributed by atoms with Gasteiger partial charge in [0.05, 0.1) is 0 Å². The van der Waals surface area contributed by atoms with Crippen LogP contribution in [0.15, 0.2) is 36.4 Å². The van der Waals surface area contributed by atoms with Crippen molar-refractivity contribution in [1.82, 2.24) is 10.3 Å². The Balaban J connectivity index is 1.55. The molecule has 1 saturated heterocycles. The molecule has 3 heterocycles. The van der Waals surface area contributed by atoms with Crippen molar-refractivity contribution in [3.8, 4) is 11.5 Å². The average molecular weight is 462 g/mol. The molecule has 2 aliphatic rings. The number of benzene rings is 1. The molecular weight excluding hydrogens is 437 g/mol. The molecule has 0 spiro atoms. The molecule has 10 heteroatoms. The Labute approximate surface area is 189 Å². The van der Waals surface area contributed by atoms with Gasteiger partial charge in [0.15, 0.2) is 11.5 Å². The van der Waals surface area contributed by atoms with Crippen LogP contribution in [0.2, 0.25) is 0 Å². The Morgan fingerprint density at radius 2 is 1.82 bits per heavy atom. The van der Waals surface area contributed by atoms with E-state index >= 15 is 0 Å². The number of ether oxygens (including phenoxy) is 2. The van der Waals surface area contributed by atoms with Crippen LogP contribution < -0.4 is 25.0 Å². The van der Waals surface area contributed by atoms with Gasteiger partial charge in [0.1, 0.15) is 24.7 Å². The quantitative estimate of drug-likeness (QED) is 0.675. The zero-order chi connectivity index (χ0) is 23.6. The highest BCUT2D eigenvalue weighted by atomic mass is 19.4. The molecule has 33 heavy (non-hydrogen) atoms. The van der Waals surface area contributed by atoms with Crippen molar-refractivity contribution in [3.05, 3.63) is 47.7 Å². The number of anilines is 2. The summed E-state index contributed by atoms with van der Waals surface area (Å²) in [5.74, 6) is 0.918. The van der Waals surface area contributed by atoms with Crippen LogP contribution in [0.4, 0.5) is 24.7 Å². The third-order valence-corrected chi connectivity index (χ3v) is 5.28. The van der Waals surface area contributed by atoms with Crippen molar-refractivity contribution in [1.29, 1.82) is 0 Å². The Kier molecular flexibility index (Phi) is 6.46. The lowest BCUT2D eigenvalue weighted by molar-refractivity contribution is -0.141. The minimum absolute atomic E-state index is 0.0837. The van der Waals surface area contributed by atoms with E-state index in [4.69, 9.17) is 9.47 Å². The zero-order valence-corrected chi connectivity index (χ0v) is 18.3. The Morgan fingerprint density at radius 1 is 1.12 bits per heavy atom. The first kappa shape index (κ1) is 22.9. The average Bonchev–Trinajstić information content (AvgIpc) is 2.76. The van der Waals surface area contributed by atoms with Crippen LogP contribution in [0.25, 0.3) is 6.08 Å². The molecule has 4 rings (SSSR count). The number of halogens is 3. The number of pyridine rings is 1. The van der Waals surface area contributed by atoms with Crippen molar-refractivity contribution >= 4 is 23.5 Å². The molecule has 7 nitrogen and oxygen atoms in total. The van der Waals surface area contributed by atoms with Gasteiger partial charge in [-0.25, -0.2) is 4.98 Å². The van der Waals surface area contributed by atoms with Crippen molar-refractivity contribution in [3.63, 3.8) is 0 Å². The Morgan fingerprint density at radius 3 is 2.52 bits per heavy atom. The monoisotopic (exact) mass is 462 g/mol. The number of carbonyl (C=O) groups is 1. The second-order valence-corrected chi connectivity index (χ2v) is 8.16. The van der Waals surface area contributed by atoms with Crippen LogP contribution in [0.1, 0.15) is 25.1 Å². The largest absolute Gasteiger partial charge is 0.486 e. The van der Waals surface area contributed by atoms with E-state index in [0.29, 0.717) is 49.1 Å². The SMILES string of the molecule is CC1CN(c2nc(C(F)(F)F)ccc2/C=C/C(=O)Nc2ccc3c(c2)OCCO3)CC(C)N1. The fourth-order valence-electron chi connectivity index (χ4n) is 3.97. The summed E-state index contributed by atoms with van der Waals surface area (Å²) in [7, 11) is 0. The number of alkyl halides is 3. The lowest BCUT2D eigenvalue weighted by Crippen LogP contribution is -2.54. The van der Waals surface area contributed by atoms with E-state index in [0.717, 1.165) is 6.07 Å². The first-order valence-corrected chi connectivity index (χ1v) is 10.7. The normalized spacial score (nSPS) is 20.7. The lowest BCUT2D eigenvalue weighted by Gasteiger charge is -2.37. The number of aromatic nitrogens is 1. The molecule has 2 unspecified atom stereocenters. The number of fused-ring (bicyclic) bond motifs is 1. The van der Waals surface area contributed by atoms with Gasteiger partial charge in [-0.15, -0.1) is 0 Å². The minimum atomic E-state index is -4.56. The molecular formula is C23H25F3N4O3. The molecule has 1 aromatic heterocycles. The van der Waals surface area contributed by atoms with Crippen LogP contribution in [-0.2, 0) is 11.0 Å². The first-order valence-electron chi connectivity index (χ1n) is 10.7. The van der Waals surface area contributed by atoms with Gasteiger partial charge < -0.3 is 25.0 Å². The highest BCUT2D eigenvalue weighted by molar-refractivity contribution is 6.02. The number of hydrogen-bond donors (Lipinski definition) is 2. The minimum Gasteiger partial charge on any atom is -0.486 e. The number of nitrogens with one attached hydrogen (secondary N) is 2. The predicted molar refractivity (Wildman–Crippen MR) is 119 cm³/mol. The van der Waals surface area contributed by atoms with Crippen molar-refractivity contribution < 1.29 is 27.4 Å². The van der Waals surface area contributed by atoms with Crippen LogP contribution in [0.3, 0.4) is 0 Å². The predicted octanol–water partition coefficient (Wildman–Crippen LogP) is 3.71. The van der Waals surface area contributed by atoms with E-state index in [2.05, 4.69) is 15.6 Å². The maximum atomic E-state index is 13.3. The lowest BCUT2D eigenvalue weighted by atomic mass is 10.1.